The van der Waals surface area contributed by atoms with Crippen molar-refractivity contribution < 1.29 is 29.0 Å². The monoisotopic (exact) mass is 301 g/mol. The van der Waals surface area contributed by atoms with E-state index in [-0.39, 0.29) is 12.8 Å². The molecule has 4 N–H and O–H groups in total. The lowest BCUT2D eigenvalue weighted by atomic mass is 10.1. The van der Waals surface area contributed by atoms with Crippen LogP contribution in [0, 0.1) is 0 Å². The zero-order valence-electron chi connectivity index (χ0n) is 11.7. The molecule has 1 unspecified atom stereocenters. The smallest absolute Gasteiger partial charge is 0.326 e. The largest absolute Gasteiger partial charge is 0.480 e. The fourth-order valence-electron chi connectivity index (χ4n) is 2.16. The minimum atomic E-state index is -1.26. The lowest BCUT2D eigenvalue weighted by molar-refractivity contribution is -0.142. The molecule has 9 heteroatoms. The number of primary amides is 1. The molecule has 1 fully saturated rings. The number of nitrogens with one attached hydrogen (secondary N) is 1. The lowest BCUT2D eigenvalue weighted by Crippen LogP contribution is -2.52. The number of carboxylic acids is 1. The maximum absolute atomic E-state index is 12.0. The molecule has 0 spiro atoms. The van der Waals surface area contributed by atoms with Crippen molar-refractivity contribution in [3.63, 3.8) is 0 Å². The van der Waals surface area contributed by atoms with Crippen LogP contribution in [0.3, 0.4) is 0 Å². The molecular formula is C12H19N3O6. The van der Waals surface area contributed by atoms with Crippen LogP contribution < -0.4 is 11.1 Å². The maximum Gasteiger partial charge on any atom is 0.326 e. The van der Waals surface area contributed by atoms with Crippen LogP contribution in [0.4, 0.5) is 4.79 Å². The van der Waals surface area contributed by atoms with Crippen molar-refractivity contribution >= 4 is 23.9 Å². The SMILES string of the molecule is COC(=O)CC[C@H](NC(=O)N1CCCC1C(N)=O)C(=O)O. The number of ether oxygens (including phenoxy) is 1. The number of carboxylic acid groups (broad SMARTS) is 1. The van der Waals surface area contributed by atoms with Gasteiger partial charge in [-0.3, -0.25) is 9.59 Å². The zero-order chi connectivity index (χ0) is 16.0. The molecule has 0 aromatic heterocycles. The molecule has 118 valence electrons. The molecule has 1 aliphatic heterocycles. The van der Waals surface area contributed by atoms with Crippen molar-refractivity contribution in [1.82, 2.24) is 10.2 Å². The standard InChI is InChI=1S/C12H19N3O6/c1-21-9(16)5-4-7(11(18)19)14-12(20)15-6-2-3-8(15)10(13)17/h7-8H,2-6H2,1H3,(H2,13,17)(H,14,20)(H,18,19)/t7-,8?/m0/s1. The Bertz CT molecular complexity index is 439. The Kier molecular flexibility index (Phi) is 5.94. The van der Waals surface area contributed by atoms with Crippen LogP contribution in [0.25, 0.3) is 0 Å². The summed E-state index contributed by atoms with van der Waals surface area (Å²) in [6.07, 6.45) is 0.861. The zero-order valence-corrected chi connectivity index (χ0v) is 11.7. The number of hydrogen-bond acceptors (Lipinski definition) is 5. The molecule has 9 nitrogen and oxygen atoms in total. The number of aliphatic carboxylic acids is 1. The number of likely N-dealkylation sites (tertiary alicyclic amines) is 1. The van der Waals surface area contributed by atoms with E-state index in [2.05, 4.69) is 10.1 Å². The second kappa shape index (κ2) is 7.46. The molecule has 2 atom stereocenters. The molecule has 1 aliphatic rings. The van der Waals surface area contributed by atoms with E-state index in [1.165, 1.54) is 12.0 Å². The summed E-state index contributed by atoms with van der Waals surface area (Å²) in [5.74, 6) is -2.45. The Morgan fingerprint density at radius 2 is 2.10 bits per heavy atom. The van der Waals surface area contributed by atoms with E-state index >= 15 is 0 Å². The molecule has 0 aliphatic carbocycles. The highest BCUT2D eigenvalue weighted by atomic mass is 16.5. The average Bonchev–Trinajstić information content (AvgIpc) is 2.91. The Hall–Kier alpha value is -2.32. The number of carbonyl (C=O) groups excluding carboxylic acids is 3. The van der Waals surface area contributed by atoms with Gasteiger partial charge in [-0.05, 0) is 19.3 Å². The quantitative estimate of drug-likeness (QED) is 0.541. The van der Waals surface area contributed by atoms with Crippen LogP contribution in [-0.4, -0.2) is 59.6 Å². The van der Waals surface area contributed by atoms with Gasteiger partial charge in [-0.1, -0.05) is 0 Å². The van der Waals surface area contributed by atoms with Crippen molar-refractivity contribution in [3.8, 4) is 0 Å². The first-order chi connectivity index (χ1) is 9.86. The first-order valence-electron chi connectivity index (χ1n) is 6.53. The van der Waals surface area contributed by atoms with Crippen molar-refractivity contribution in [2.75, 3.05) is 13.7 Å². The number of carbonyl (C=O) groups is 4. The Balaban J connectivity index is 2.62. The molecule has 3 amide bonds. The molecule has 0 aromatic rings. The van der Waals surface area contributed by atoms with Crippen LogP contribution in [-0.2, 0) is 19.1 Å². The summed E-state index contributed by atoms with van der Waals surface area (Å²) in [5, 5.41) is 11.3. The normalized spacial score (nSPS) is 18.9. The summed E-state index contributed by atoms with van der Waals surface area (Å²) in [7, 11) is 1.19. The summed E-state index contributed by atoms with van der Waals surface area (Å²) in [5.41, 5.74) is 5.19. The van der Waals surface area contributed by atoms with Gasteiger partial charge in [0.25, 0.3) is 0 Å². The number of rotatable bonds is 6. The number of esters is 1. The van der Waals surface area contributed by atoms with Gasteiger partial charge < -0.3 is 25.8 Å². The van der Waals surface area contributed by atoms with E-state index < -0.39 is 36.0 Å². The van der Waals surface area contributed by atoms with Gasteiger partial charge in [0.2, 0.25) is 5.91 Å². The molecule has 0 aromatic carbocycles. The highest BCUT2D eigenvalue weighted by Gasteiger charge is 2.34. The molecule has 0 bridgehead atoms. The van der Waals surface area contributed by atoms with Crippen LogP contribution in [0.2, 0.25) is 0 Å². The predicted molar refractivity (Wildman–Crippen MR) is 70.1 cm³/mol. The van der Waals surface area contributed by atoms with E-state index in [9.17, 15) is 19.2 Å². The summed E-state index contributed by atoms with van der Waals surface area (Å²) in [6.45, 7) is 0.336. The Labute approximate surface area is 121 Å². The molecule has 1 heterocycles. The topological polar surface area (TPSA) is 139 Å². The van der Waals surface area contributed by atoms with E-state index in [1.807, 2.05) is 0 Å². The minimum Gasteiger partial charge on any atom is -0.480 e. The van der Waals surface area contributed by atoms with Gasteiger partial charge in [0, 0.05) is 13.0 Å². The Morgan fingerprint density at radius 3 is 2.62 bits per heavy atom. The summed E-state index contributed by atoms with van der Waals surface area (Å²) in [4.78, 5) is 46.6. The van der Waals surface area contributed by atoms with Crippen molar-refractivity contribution in [2.45, 2.75) is 37.8 Å². The van der Waals surface area contributed by atoms with Crippen LogP contribution in [0.5, 0.6) is 0 Å². The van der Waals surface area contributed by atoms with Gasteiger partial charge in [-0.25, -0.2) is 9.59 Å². The van der Waals surface area contributed by atoms with Crippen LogP contribution in [0.1, 0.15) is 25.7 Å². The number of urea groups is 1. The van der Waals surface area contributed by atoms with Gasteiger partial charge in [-0.2, -0.15) is 0 Å². The third-order valence-corrected chi connectivity index (χ3v) is 3.30. The second-order valence-electron chi connectivity index (χ2n) is 4.71. The number of nitrogens with two attached hydrogens (primary N) is 1. The van der Waals surface area contributed by atoms with Crippen LogP contribution in [0.15, 0.2) is 0 Å². The summed E-state index contributed by atoms with van der Waals surface area (Å²) < 4.78 is 4.42. The first kappa shape index (κ1) is 16.7. The number of nitrogens with zero attached hydrogens (tertiary/aromatic N) is 1. The number of hydrogen-bond donors (Lipinski definition) is 3. The van der Waals surface area contributed by atoms with E-state index in [1.54, 1.807) is 0 Å². The predicted octanol–water partition coefficient (Wildman–Crippen LogP) is -0.948. The van der Waals surface area contributed by atoms with E-state index in [0.717, 1.165) is 0 Å². The van der Waals surface area contributed by atoms with Crippen molar-refractivity contribution in [1.29, 1.82) is 0 Å². The lowest BCUT2D eigenvalue weighted by Gasteiger charge is -2.24. The van der Waals surface area contributed by atoms with E-state index in [0.29, 0.717) is 19.4 Å². The highest BCUT2D eigenvalue weighted by molar-refractivity contribution is 5.88. The fourth-order valence-corrected chi connectivity index (χ4v) is 2.16. The maximum atomic E-state index is 12.0. The summed E-state index contributed by atoms with van der Waals surface area (Å²) in [6, 6.07) is -2.63. The van der Waals surface area contributed by atoms with Gasteiger partial charge >= 0.3 is 18.0 Å². The van der Waals surface area contributed by atoms with Gasteiger partial charge in [0.05, 0.1) is 7.11 Å². The van der Waals surface area contributed by atoms with E-state index in [4.69, 9.17) is 10.8 Å². The third-order valence-electron chi connectivity index (χ3n) is 3.30. The fraction of sp³-hybridized carbons (Fsp3) is 0.667. The first-order valence-corrected chi connectivity index (χ1v) is 6.53. The third kappa shape index (κ3) is 4.62. The molecule has 1 saturated heterocycles. The van der Waals surface area contributed by atoms with Crippen LogP contribution >= 0.6 is 0 Å². The Morgan fingerprint density at radius 1 is 1.43 bits per heavy atom. The number of methoxy groups -OCH3 is 1. The second-order valence-corrected chi connectivity index (χ2v) is 4.71. The molecular weight excluding hydrogens is 282 g/mol. The molecule has 1 rings (SSSR count). The average molecular weight is 301 g/mol. The highest BCUT2D eigenvalue weighted by Crippen LogP contribution is 2.17. The number of amides is 3. The molecule has 21 heavy (non-hydrogen) atoms. The molecule has 0 radical (unpaired) electrons. The summed E-state index contributed by atoms with van der Waals surface area (Å²) >= 11 is 0. The molecule has 0 saturated carbocycles. The van der Waals surface area contributed by atoms with Gasteiger partial charge in [-0.15, -0.1) is 0 Å². The van der Waals surface area contributed by atoms with Crippen molar-refractivity contribution in [3.05, 3.63) is 0 Å². The van der Waals surface area contributed by atoms with Gasteiger partial charge in [0.15, 0.2) is 0 Å². The minimum absolute atomic E-state index is 0.0944. The van der Waals surface area contributed by atoms with Crippen molar-refractivity contribution in [2.24, 2.45) is 5.73 Å². The van der Waals surface area contributed by atoms with Gasteiger partial charge in [0.1, 0.15) is 12.1 Å².